The highest BCUT2D eigenvalue weighted by atomic mass is 16.5. The molecule has 0 aliphatic rings. The first kappa shape index (κ1) is 17.9. The van der Waals surface area contributed by atoms with Gasteiger partial charge >= 0.3 is 0 Å². The summed E-state index contributed by atoms with van der Waals surface area (Å²) < 4.78 is 7.54. The van der Waals surface area contributed by atoms with Crippen LogP contribution in [0.25, 0.3) is 16.9 Å². The fourth-order valence-electron chi connectivity index (χ4n) is 3.08. The Labute approximate surface area is 164 Å². The van der Waals surface area contributed by atoms with Crippen molar-refractivity contribution in [3.05, 3.63) is 67.1 Å². The van der Waals surface area contributed by atoms with Crippen LogP contribution in [0.1, 0.15) is 6.92 Å². The molecule has 0 atom stereocenters. The third kappa shape index (κ3) is 3.49. The van der Waals surface area contributed by atoms with E-state index in [2.05, 4.69) is 39.5 Å². The molecule has 2 aromatic carbocycles. The van der Waals surface area contributed by atoms with Crippen LogP contribution in [0, 0.1) is 0 Å². The highest BCUT2D eigenvalue weighted by Gasteiger charge is 2.15. The van der Waals surface area contributed by atoms with E-state index in [9.17, 15) is 0 Å². The molecule has 4 rings (SSSR count). The van der Waals surface area contributed by atoms with Crippen molar-refractivity contribution in [2.75, 3.05) is 30.9 Å². The smallest absolute Gasteiger partial charge is 0.157 e. The van der Waals surface area contributed by atoms with E-state index in [-0.39, 0.29) is 0 Å². The summed E-state index contributed by atoms with van der Waals surface area (Å²) in [5.41, 5.74) is 4.83. The monoisotopic (exact) mass is 373 g/mol. The number of aromatic nitrogens is 3. The minimum atomic E-state index is 0.653. The van der Waals surface area contributed by atoms with Gasteiger partial charge in [0.15, 0.2) is 5.65 Å². The van der Waals surface area contributed by atoms with E-state index in [1.807, 2.05) is 55.9 Å². The van der Waals surface area contributed by atoms with Crippen LogP contribution in [-0.2, 0) is 0 Å². The van der Waals surface area contributed by atoms with Gasteiger partial charge in [-0.3, -0.25) is 9.38 Å². The molecule has 0 aliphatic heterocycles. The molecule has 1 N–H and O–H groups in total. The van der Waals surface area contributed by atoms with Crippen molar-refractivity contribution in [3.63, 3.8) is 0 Å². The van der Waals surface area contributed by atoms with E-state index in [1.165, 1.54) is 0 Å². The summed E-state index contributed by atoms with van der Waals surface area (Å²) in [6.07, 6.45) is 5.44. The van der Waals surface area contributed by atoms with Gasteiger partial charge in [0.25, 0.3) is 0 Å². The molecule has 0 radical (unpaired) electrons. The lowest BCUT2D eigenvalue weighted by molar-refractivity contribution is 0.340. The lowest BCUT2D eigenvalue weighted by atomic mass is 10.1. The summed E-state index contributed by atoms with van der Waals surface area (Å²) >= 11 is 0. The molecule has 0 fully saturated rings. The number of hydrogen-bond donors (Lipinski definition) is 1. The molecule has 2 aromatic heterocycles. The van der Waals surface area contributed by atoms with E-state index >= 15 is 0 Å². The summed E-state index contributed by atoms with van der Waals surface area (Å²) in [6.45, 7) is 2.63. The van der Waals surface area contributed by atoms with E-state index in [0.29, 0.717) is 6.61 Å². The second-order valence-electron chi connectivity index (χ2n) is 6.64. The number of ether oxygens (including phenoxy) is 1. The lowest BCUT2D eigenvalue weighted by Gasteiger charge is -2.13. The minimum absolute atomic E-state index is 0.653. The van der Waals surface area contributed by atoms with Gasteiger partial charge in [-0.2, -0.15) is 0 Å². The first-order valence-electron chi connectivity index (χ1n) is 9.25. The molecule has 0 saturated carbocycles. The molecular formula is C22H23N5O. The van der Waals surface area contributed by atoms with E-state index in [0.717, 1.165) is 39.8 Å². The summed E-state index contributed by atoms with van der Waals surface area (Å²) in [5, 5.41) is 3.51. The molecule has 0 saturated heterocycles. The van der Waals surface area contributed by atoms with Crippen LogP contribution in [0.3, 0.4) is 0 Å². The molecule has 4 aromatic rings. The van der Waals surface area contributed by atoms with Crippen LogP contribution in [0.4, 0.5) is 17.2 Å². The minimum Gasteiger partial charge on any atom is -0.494 e. The van der Waals surface area contributed by atoms with Crippen molar-refractivity contribution in [1.82, 2.24) is 14.4 Å². The van der Waals surface area contributed by atoms with E-state index in [4.69, 9.17) is 9.72 Å². The van der Waals surface area contributed by atoms with Gasteiger partial charge in [0.2, 0.25) is 0 Å². The quantitative estimate of drug-likeness (QED) is 0.535. The Morgan fingerprint density at radius 1 is 1.04 bits per heavy atom. The zero-order valence-electron chi connectivity index (χ0n) is 16.3. The fraction of sp³-hybridized carbons (Fsp3) is 0.182. The summed E-state index contributed by atoms with van der Waals surface area (Å²) in [5.74, 6) is 1.76. The lowest BCUT2D eigenvalue weighted by Crippen LogP contribution is -2.07. The number of anilines is 3. The van der Waals surface area contributed by atoms with Gasteiger partial charge in [0.1, 0.15) is 17.3 Å². The predicted octanol–water partition coefficient (Wildman–Crippen LogP) is 4.60. The van der Waals surface area contributed by atoms with Crippen molar-refractivity contribution in [3.8, 4) is 17.0 Å². The van der Waals surface area contributed by atoms with Crippen LogP contribution in [0.15, 0.2) is 67.1 Å². The number of hydrogen-bond acceptors (Lipinski definition) is 5. The number of nitrogens with one attached hydrogen (secondary N) is 1. The second kappa shape index (κ2) is 7.60. The van der Waals surface area contributed by atoms with Crippen molar-refractivity contribution >= 4 is 22.8 Å². The SMILES string of the molecule is CCOc1ccc(Nc2c(-c3ccc(N(C)C)cc3)nc3cnccn23)cc1. The van der Waals surface area contributed by atoms with Crippen LogP contribution >= 0.6 is 0 Å². The first-order chi connectivity index (χ1) is 13.7. The number of benzene rings is 2. The van der Waals surface area contributed by atoms with Crippen LogP contribution in [-0.4, -0.2) is 35.1 Å². The molecule has 6 nitrogen and oxygen atoms in total. The number of fused-ring (bicyclic) bond motifs is 1. The Balaban J connectivity index is 1.74. The summed E-state index contributed by atoms with van der Waals surface area (Å²) in [7, 11) is 4.06. The Hall–Kier alpha value is -3.54. The fourth-order valence-corrected chi connectivity index (χ4v) is 3.08. The average molecular weight is 373 g/mol. The van der Waals surface area contributed by atoms with Crippen molar-refractivity contribution in [2.45, 2.75) is 6.92 Å². The van der Waals surface area contributed by atoms with E-state index < -0.39 is 0 Å². The zero-order chi connectivity index (χ0) is 19.5. The highest BCUT2D eigenvalue weighted by Crippen LogP contribution is 2.32. The maximum atomic E-state index is 5.53. The van der Waals surface area contributed by atoms with Gasteiger partial charge in [-0.05, 0) is 43.3 Å². The number of rotatable bonds is 6. The Bertz CT molecular complexity index is 1070. The van der Waals surface area contributed by atoms with Crippen LogP contribution < -0.4 is 15.0 Å². The molecule has 6 heteroatoms. The van der Waals surface area contributed by atoms with Gasteiger partial charge in [0, 0.05) is 43.4 Å². The van der Waals surface area contributed by atoms with Gasteiger partial charge < -0.3 is 15.0 Å². The maximum absolute atomic E-state index is 5.53. The molecule has 0 aliphatic carbocycles. The van der Waals surface area contributed by atoms with Crippen molar-refractivity contribution in [1.29, 1.82) is 0 Å². The Morgan fingerprint density at radius 2 is 1.79 bits per heavy atom. The second-order valence-corrected chi connectivity index (χ2v) is 6.64. The third-order valence-corrected chi connectivity index (χ3v) is 4.52. The molecule has 0 bridgehead atoms. The Kier molecular flexibility index (Phi) is 4.85. The van der Waals surface area contributed by atoms with Crippen molar-refractivity contribution < 1.29 is 4.74 Å². The number of nitrogens with zero attached hydrogens (tertiary/aromatic N) is 4. The zero-order valence-corrected chi connectivity index (χ0v) is 16.3. The van der Waals surface area contributed by atoms with Crippen molar-refractivity contribution in [2.24, 2.45) is 0 Å². The first-order valence-corrected chi connectivity index (χ1v) is 9.25. The van der Waals surface area contributed by atoms with E-state index in [1.54, 1.807) is 12.4 Å². The molecule has 0 amide bonds. The van der Waals surface area contributed by atoms with Crippen LogP contribution in [0.5, 0.6) is 5.75 Å². The highest BCUT2D eigenvalue weighted by molar-refractivity contribution is 5.80. The van der Waals surface area contributed by atoms with Gasteiger partial charge in [-0.15, -0.1) is 0 Å². The molecule has 28 heavy (non-hydrogen) atoms. The van der Waals surface area contributed by atoms with Gasteiger partial charge in [-0.25, -0.2) is 4.98 Å². The largest absolute Gasteiger partial charge is 0.494 e. The number of imidazole rings is 1. The molecule has 0 spiro atoms. The van der Waals surface area contributed by atoms with Gasteiger partial charge in [-0.1, -0.05) is 12.1 Å². The predicted molar refractivity (Wildman–Crippen MR) is 114 cm³/mol. The molecule has 0 unspecified atom stereocenters. The average Bonchev–Trinajstić information content (AvgIpc) is 3.08. The molecule has 142 valence electrons. The normalized spacial score (nSPS) is 10.8. The summed E-state index contributed by atoms with van der Waals surface area (Å²) in [6, 6.07) is 16.3. The molecular weight excluding hydrogens is 350 g/mol. The van der Waals surface area contributed by atoms with Gasteiger partial charge in [0.05, 0.1) is 12.8 Å². The summed E-state index contributed by atoms with van der Waals surface area (Å²) in [4.78, 5) is 11.1. The van der Waals surface area contributed by atoms with Crippen LogP contribution in [0.2, 0.25) is 0 Å². The molecule has 2 heterocycles. The third-order valence-electron chi connectivity index (χ3n) is 4.52. The Morgan fingerprint density at radius 3 is 2.46 bits per heavy atom. The maximum Gasteiger partial charge on any atom is 0.157 e. The topological polar surface area (TPSA) is 54.7 Å². The standard InChI is InChI=1S/C22H23N5O/c1-4-28-19-11-7-17(8-12-19)24-22-21(25-20-15-23-13-14-27(20)22)16-5-9-18(10-6-16)26(2)3/h5-15,24H,4H2,1-3H3.